The second-order valence-corrected chi connectivity index (χ2v) is 8.08. The highest BCUT2D eigenvalue weighted by molar-refractivity contribution is 5.80. The van der Waals surface area contributed by atoms with Gasteiger partial charge in [0.1, 0.15) is 0 Å². The van der Waals surface area contributed by atoms with Crippen molar-refractivity contribution < 1.29 is 4.79 Å². The summed E-state index contributed by atoms with van der Waals surface area (Å²) in [6, 6.07) is 0.288. The molecule has 0 fully saturated rings. The Bertz CT molecular complexity index is 273. The van der Waals surface area contributed by atoms with Gasteiger partial charge in [-0.25, -0.2) is 0 Å². The predicted octanol–water partition coefficient (Wildman–Crippen LogP) is 4.49. The van der Waals surface area contributed by atoms with E-state index in [-0.39, 0.29) is 23.3 Å². The molecule has 0 saturated carbocycles. The Morgan fingerprint density at radius 1 is 0.947 bits per heavy atom. The molecule has 2 heteroatoms. The molecule has 0 bridgehead atoms. The third kappa shape index (κ3) is 6.44. The lowest BCUT2D eigenvalue weighted by molar-refractivity contribution is -0.131. The smallest absolute Gasteiger partial charge is 0.224 e. The van der Waals surface area contributed by atoms with Gasteiger partial charge in [0, 0.05) is 12.0 Å². The van der Waals surface area contributed by atoms with Crippen molar-refractivity contribution >= 4 is 5.91 Å². The Morgan fingerprint density at radius 3 is 1.68 bits per heavy atom. The average Bonchev–Trinajstić information content (AvgIpc) is 2.11. The van der Waals surface area contributed by atoms with Gasteiger partial charge in [0.05, 0.1) is 0 Å². The number of hydrogen-bond acceptors (Lipinski definition) is 1. The second-order valence-electron chi connectivity index (χ2n) is 8.08. The van der Waals surface area contributed by atoms with Crippen molar-refractivity contribution in [2.24, 2.45) is 29.1 Å². The van der Waals surface area contributed by atoms with Gasteiger partial charge in [-0.2, -0.15) is 0 Å². The first-order valence-corrected chi connectivity index (χ1v) is 7.77. The highest BCUT2D eigenvalue weighted by Gasteiger charge is 2.35. The van der Waals surface area contributed by atoms with Crippen molar-refractivity contribution in [3.63, 3.8) is 0 Å². The van der Waals surface area contributed by atoms with E-state index in [0.717, 1.165) is 6.42 Å². The van der Waals surface area contributed by atoms with Gasteiger partial charge >= 0.3 is 0 Å². The Kier molecular flexibility index (Phi) is 7.10. The van der Waals surface area contributed by atoms with Gasteiger partial charge in [0.25, 0.3) is 0 Å². The molecule has 19 heavy (non-hydrogen) atoms. The molecule has 0 aromatic heterocycles. The summed E-state index contributed by atoms with van der Waals surface area (Å²) in [4.78, 5) is 12.6. The molecule has 0 heterocycles. The van der Waals surface area contributed by atoms with Crippen LogP contribution < -0.4 is 5.32 Å². The maximum atomic E-state index is 12.6. The molecule has 0 aliphatic rings. The third-order valence-corrected chi connectivity index (χ3v) is 3.74. The van der Waals surface area contributed by atoms with Crippen LogP contribution >= 0.6 is 0 Å². The molecule has 0 saturated heterocycles. The molecule has 1 N–H and O–H groups in total. The lowest BCUT2D eigenvalue weighted by atomic mass is 9.73. The first-order chi connectivity index (χ1) is 8.46. The lowest BCUT2D eigenvalue weighted by Crippen LogP contribution is -2.47. The molecule has 0 unspecified atom stereocenters. The average molecular weight is 269 g/mol. The van der Waals surface area contributed by atoms with Crippen LogP contribution in [0.5, 0.6) is 0 Å². The molecule has 114 valence electrons. The molecule has 1 amide bonds. The molecule has 0 rings (SSSR count). The van der Waals surface area contributed by atoms with Crippen LogP contribution in [0.25, 0.3) is 0 Å². The van der Waals surface area contributed by atoms with Crippen LogP contribution in [0.4, 0.5) is 0 Å². The van der Waals surface area contributed by atoms with Crippen LogP contribution in [-0.4, -0.2) is 11.9 Å². The van der Waals surface area contributed by atoms with E-state index in [4.69, 9.17) is 0 Å². The molecule has 0 aromatic carbocycles. The summed E-state index contributed by atoms with van der Waals surface area (Å²) >= 11 is 0. The Hall–Kier alpha value is -0.530. The SMILES string of the molecule is CC(C)C[C@@H](NC(=O)[C@@H](C(C)C)C(C)(C)C)C(C)C. The molecule has 0 spiro atoms. The van der Waals surface area contributed by atoms with Gasteiger partial charge in [-0.1, -0.05) is 62.3 Å². The number of rotatable bonds is 6. The Balaban J connectivity index is 4.87. The molecule has 2 nitrogen and oxygen atoms in total. The molecular weight excluding hydrogens is 234 g/mol. The van der Waals surface area contributed by atoms with Crippen molar-refractivity contribution in [2.75, 3.05) is 0 Å². The molecule has 0 radical (unpaired) electrons. The van der Waals surface area contributed by atoms with E-state index in [2.05, 4.69) is 67.6 Å². The van der Waals surface area contributed by atoms with E-state index >= 15 is 0 Å². The fraction of sp³-hybridized carbons (Fsp3) is 0.941. The van der Waals surface area contributed by atoms with Gasteiger partial charge in [-0.15, -0.1) is 0 Å². The van der Waals surface area contributed by atoms with Crippen LogP contribution in [0.2, 0.25) is 0 Å². The van der Waals surface area contributed by atoms with Gasteiger partial charge in [-0.3, -0.25) is 4.79 Å². The summed E-state index contributed by atoms with van der Waals surface area (Å²) in [5, 5.41) is 3.30. The van der Waals surface area contributed by atoms with Gasteiger partial charge in [0.15, 0.2) is 0 Å². The summed E-state index contributed by atoms with van der Waals surface area (Å²) in [5.41, 5.74) is 0.0115. The van der Waals surface area contributed by atoms with E-state index < -0.39 is 0 Å². The minimum absolute atomic E-state index is 0.0115. The summed E-state index contributed by atoms with van der Waals surface area (Å²) in [6.45, 7) is 19.6. The molecule has 0 aliphatic heterocycles. The first-order valence-electron chi connectivity index (χ1n) is 7.77. The molecular formula is C17H35NO. The third-order valence-electron chi connectivity index (χ3n) is 3.74. The van der Waals surface area contributed by atoms with Crippen LogP contribution in [0, 0.1) is 29.1 Å². The zero-order valence-electron chi connectivity index (χ0n) is 14.5. The number of carbonyl (C=O) groups is 1. The first kappa shape index (κ1) is 18.5. The van der Waals surface area contributed by atoms with Crippen LogP contribution in [0.3, 0.4) is 0 Å². The van der Waals surface area contributed by atoms with Crippen molar-refractivity contribution in [3.05, 3.63) is 0 Å². The summed E-state index contributed by atoms with van der Waals surface area (Å²) in [7, 11) is 0. The van der Waals surface area contributed by atoms with Gasteiger partial charge < -0.3 is 5.32 Å². The fourth-order valence-corrected chi connectivity index (χ4v) is 2.97. The van der Waals surface area contributed by atoms with Crippen molar-refractivity contribution in [3.8, 4) is 0 Å². The number of hydrogen-bond donors (Lipinski definition) is 1. The minimum atomic E-state index is 0.0115. The number of amides is 1. The maximum Gasteiger partial charge on any atom is 0.224 e. The highest BCUT2D eigenvalue weighted by atomic mass is 16.2. The van der Waals surface area contributed by atoms with E-state index in [1.807, 2.05) is 0 Å². The van der Waals surface area contributed by atoms with E-state index in [1.54, 1.807) is 0 Å². The van der Waals surface area contributed by atoms with Gasteiger partial charge in [0.2, 0.25) is 5.91 Å². The van der Waals surface area contributed by atoms with Crippen LogP contribution in [0.15, 0.2) is 0 Å². The number of carbonyl (C=O) groups excluding carboxylic acids is 1. The van der Waals surface area contributed by atoms with E-state index in [9.17, 15) is 4.79 Å². The van der Waals surface area contributed by atoms with Gasteiger partial charge in [-0.05, 0) is 29.6 Å². The van der Waals surface area contributed by atoms with E-state index in [1.165, 1.54) is 0 Å². The summed E-state index contributed by atoms with van der Waals surface area (Å²) < 4.78 is 0. The Labute approximate surface area is 120 Å². The molecule has 0 aromatic rings. The summed E-state index contributed by atoms with van der Waals surface area (Å²) in [5.74, 6) is 1.76. The molecule has 2 atom stereocenters. The quantitative estimate of drug-likeness (QED) is 0.756. The maximum absolute atomic E-state index is 12.6. The topological polar surface area (TPSA) is 29.1 Å². The predicted molar refractivity (Wildman–Crippen MR) is 84.0 cm³/mol. The normalized spacial score (nSPS) is 16.0. The fourth-order valence-electron chi connectivity index (χ4n) is 2.97. The van der Waals surface area contributed by atoms with Crippen LogP contribution in [-0.2, 0) is 4.79 Å². The largest absolute Gasteiger partial charge is 0.353 e. The highest BCUT2D eigenvalue weighted by Crippen LogP contribution is 2.32. The van der Waals surface area contributed by atoms with Crippen molar-refractivity contribution in [1.29, 1.82) is 0 Å². The minimum Gasteiger partial charge on any atom is -0.353 e. The number of nitrogens with one attached hydrogen (secondary N) is 1. The van der Waals surface area contributed by atoms with Crippen LogP contribution in [0.1, 0.15) is 68.7 Å². The Morgan fingerprint density at radius 2 is 1.42 bits per heavy atom. The zero-order chi connectivity index (χ0) is 15.4. The van der Waals surface area contributed by atoms with Crippen molar-refractivity contribution in [2.45, 2.75) is 74.8 Å². The van der Waals surface area contributed by atoms with Crippen molar-refractivity contribution in [1.82, 2.24) is 5.32 Å². The zero-order valence-corrected chi connectivity index (χ0v) is 14.5. The summed E-state index contributed by atoms with van der Waals surface area (Å²) in [6.07, 6.45) is 1.05. The second kappa shape index (κ2) is 7.31. The molecule has 0 aliphatic carbocycles. The van der Waals surface area contributed by atoms with E-state index in [0.29, 0.717) is 17.8 Å². The lowest BCUT2D eigenvalue weighted by Gasteiger charge is -2.35. The monoisotopic (exact) mass is 269 g/mol. The standard InChI is InChI=1S/C17H35NO/c1-11(2)10-14(12(3)4)18-16(19)15(13(5)6)17(7,8)9/h11-15H,10H2,1-9H3,(H,18,19)/t14-,15-/m1/s1.